The number of phenolic OH excluding ortho intramolecular Hbond substituents is 1. The highest BCUT2D eigenvalue weighted by Crippen LogP contribution is 2.26. The number of carbonyl (C=O) groups excluding carboxylic acids is 2. The molecule has 8 heteroatoms. The molecule has 6 nitrogen and oxygen atoms in total. The van der Waals surface area contributed by atoms with E-state index in [1.165, 1.54) is 12.3 Å². The minimum Gasteiger partial charge on any atom is -0.507 e. The fourth-order valence-electron chi connectivity index (χ4n) is 2.64. The fourth-order valence-corrected chi connectivity index (χ4v) is 3.14. The van der Waals surface area contributed by atoms with Gasteiger partial charge in [-0.1, -0.05) is 27.5 Å². The van der Waals surface area contributed by atoms with Crippen LogP contribution in [0.15, 0.2) is 52.0 Å². The largest absolute Gasteiger partial charge is 0.507 e. The molecule has 1 fully saturated rings. The molecule has 2 N–H and O–H groups in total. The van der Waals surface area contributed by atoms with Gasteiger partial charge in [0.2, 0.25) is 11.8 Å². The van der Waals surface area contributed by atoms with E-state index in [0.717, 1.165) is 4.47 Å². The lowest BCUT2D eigenvalue weighted by atomic mass is 10.1. The summed E-state index contributed by atoms with van der Waals surface area (Å²) in [5.41, 5.74) is 3.59. The first kappa shape index (κ1) is 18.4. The molecule has 1 aliphatic heterocycles. The van der Waals surface area contributed by atoms with Gasteiger partial charge in [0.15, 0.2) is 0 Å². The second kappa shape index (κ2) is 7.88. The Hall–Kier alpha value is -2.38. The van der Waals surface area contributed by atoms with E-state index in [-0.39, 0.29) is 30.5 Å². The lowest BCUT2D eigenvalue weighted by Crippen LogP contribution is -2.30. The Labute approximate surface area is 163 Å². The number of halogens is 2. The van der Waals surface area contributed by atoms with Crippen molar-refractivity contribution in [1.82, 2.24) is 5.43 Å². The number of aromatic hydroxyl groups is 1. The zero-order chi connectivity index (χ0) is 18.7. The molecule has 0 radical (unpaired) electrons. The minimum absolute atomic E-state index is 0.0520. The van der Waals surface area contributed by atoms with Crippen molar-refractivity contribution in [2.45, 2.75) is 6.42 Å². The van der Waals surface area contributed by atoms with Crippen LogP contribution in [0.4, 0.5) is 5.69 Å². The number of hydrogen-bond donors (Lipinski definition) is 2. The molecule has 2 aromatic rings. The van der Waals surface area contributed by atoms with Gasteiger partial charge in [-0.2, -0.15) is 5.10 Å². The number of anilines is 1. The van der Waals surface area contributed by atoms with E-state index >= 15 is 0 Å². The third-order valence-corrected chi connectivity index (χ3v) is 4.75. The van der Waals surface area contributed by atoms with E-state index in [4.69, 9.17) is 11.6 Å². The summed E-state index contributed by atoms with van der Waals surface area (Å²) in [6.45, 7) is 0.282. The smallest absolute Gasteiger partial charge is 0.245 e. The van der Waals surface area contributed by atoms with Crippen LogP contribution in [0.2, 0.25) is 5.02 Å². The van der Waals surface area contributed by atoms with Crippen LogP contribution >= 0.6 is 27.5 Å². The Kier molecular flexibility index (Phi) is 5.58. The maximum absolute atomic E-state index is 12.3. The standard InChI is InChI=1S/C18H15BrClN3O3/c19-13-1-6-16(24)11(7-13)9-21-22-18(26)12-8-17(25)23(10-12)15-4-2-14(20)3-5-15/h1-7,9,12,24H,8,10H2,(H,22,26)/b21-9-/t12-/m0/s1. The fraction of sp³-hybridized carbons (Fsp3) is 0.167. The van der Waals surface area contributed by atoms with E-state index < -0.39 is 5.92 Å². The van der Waals surface area contributed by atoms with Gasteiger partial charge in [-0.3, -0.25) is 9.59 Å². The summed E-state index contributed by atoms with van der Waals surface area (Å²) < 4.78 is 0.781. The minimum atomic E-state index is -0.494. The molecule has 0 bridgehead atoms. The van der Waals surface area contributed by atoms with Crippen LogP contribution < -0.4 is 10.3 Å². The summed E-state index contributed by atoms with van der Waals surface area (Å²) in [7, 11) is 0. The summed E-state index contributed by atoms with van der Waals surface area (Å²) in [6, 6.07) is 11.8. The van der Waals surface area contributed by atoms with E-state index in [0.29, 0.717) is 16.3 Å². The number of nitrogens with zero attached hydrogens (tertiary/aromatic N) is 2. The molecule has 0 aromatic heterocycles. The molecule has 3 rings (SSSR count). The molecule has 2 aromatic carbocycles. The Balaban J connectivity index is 1.62. The zero-order valence-corrected chi connectivity index (χ0v) is 15.9. The lowest BCUT2D eigenvalue weighted by Gasteiger charge is -2.16. The van der Waals surface area contributed by atoms with Crippen molar-refractivity contribution in [2.75, 3.05) is 11.4 Å². The average molecular weight is 437 g/mol. The SMILES string of the molecule is O=C(N/N=C\c1cc(Br)ccc1O)[C@H]1CC(=O)N(c2ccc(Cl)cc2)C1. The van der Waals surface area contributed by atoms with Crippen LogP contribution in [-0.2, 0) is 9.59 Å². The van der Waals surface area contributed by atoms with E-state index in [9.17, 15) is 14.7 Å². The average Bonchev–Trinajstić information content (AvgIpc) is 3.00. The predicted octanol–water partition coefficient (Wildman–Crippen LogP) is 3.31. The maximum Gasteiger partial charge on any atom is 0.245 e. The zero-order valence-electron chi connectivity index (χ0n) is 13.5. The first-order valence-electron chi connectivity index (χ1n) is 7.81. The van der Waals surface area contributed by atoms with Crippen LogP contribution in [0.1, 0.15) is 12.0 Å². The summed E-state index contributed by atoms with van der Waals surface area (Å²) in [5.74, 6) is -0.913. The molecule has 134 valence electrons. The monoisotopic (exact) mass is 435 g/mol. The number of amides is 2. The van der Waals surface area contributed by atoms with Crippen molar-refractivity contribution < 1.29 is 14.7 Å². The van der Waals surface area contributed by atoms with Crippen molar-refractivity contribution in [3.63, 3.8) is 0 Å². The molecular formula is C18H15BrClN3O3. The topological polar surface area (TPSA) is 82.0 Å². The molecule has 1 saturated heterocycles. The Morgan fingerprint density at radius 3 is 2.77 bits per heavy atom. The molecule has 0 saturated carbocycles. The van der Waals surface area contributed by atoms with Crippen molar-refractivity contribution in [3.05, 3.63) is 57.5 Å². The quantitative estimate of drug-likeness (QED) is 0.570. The van der Waals surface area contributed by atoms with Gasteiger partial charge in [-0.05, 0) is 42.5 Å². The molecule has 26 heavy (non-hydrogen) atoms. The number of rotatable bonds is 4. The summed E-state index contributed by atoms with van der Waals surface area (Å²) >= 11 is 9.16. The lowest BCUT2D eigenvalue weighted by molar-refractivity contribution is -0.126. The van der Waals surface area contributed by atoms with Crippen molar-refractivity contribution in [1.29, 1.82) is 0 Å². The van der Waals surface area contributed by atoms with Crippen molar-refractivity contribution in [3.8, 4) is 5.75 Å². The Morgan fingerprint density at radius 1 is 1.31 bits per heavy atom. The van der Waals surface area contributed by atoms with E-state index in [1.807, 2.05) is 0 Å². The molecule has 1 heterocycles. The van der Waals surface area contributed by atoms with Gasteiger partial charge in [0.1, 0.15) is 5.75 Å². The number of phenols is 1. The molecule has 0 unspecified atom stereocenters. The van der Waals surface area contributed by atoms with E-state index in [1.54, 1.807) is 41.3 Å². The highest BCUT2D eigenvalue weighted by atomic mass is 79.9. The molecule has 0 aliphatic carbocycles. The molecule has 1 aliphatic rings. The van der Waals surface area contributed by atoms with Gasteiger partial charge in [0.05, 0.1) is 12.1 Å². The third-order valence-electron chi connectivity index (χ3n) is 4.00. The normalized spacial score (nSPS) is 17.1. The van der Waals surface area contributed by atoms with Gasteiger partial charge < -0.3 is 10.0 Å². The van der Waals surface area contributed by atoms with Gasteiger partial charge in [0.25, 0.3) is 0 Å². The Bertz CT molecular complexity index is 870. The first-order chi connectivity index (χ1) is 12.4. The van der Waals surface area contributed by atoms with Crippen LogP contribution in [-0.4, -0.2) is 29.7 Å². The van der Waals surface area contributed by atoms with E-state index in [2.05, 4.69) is 26.5 Å². The number of hydrazone groups is 1. The van der Waals surface area contributed by atoms with Gasteiger partial charge >= 0.3 is 0 Å². The number of nitrogens with one attached hydrogen (secondary N) is 1. The van der Waals surface area contributed by atoms with Crippen molar-refractivity contribution >= 4 is 51.2 Å². The summed E-state index contributed by atoms with van der Waals surface area (Å²) in [4.78, 5) is 26.0. The third kappa shape index (κ3) is 4.23. The molecular weight excluding hydrogens is 422 g/mol. The molecule has 0 spiro atoms. The van der Waals surface area contributed by atoms with Gasteiger partial charge in [0, 0.05) is 33.7 Å². The van der Waals surface area contributed by atoms with Crippen LogP contribution in [0.5, 0.6) is 5.75 Å². The van der Waals surface area contributed by atoms with Crippen LogP contribution in [0.25, 0.3) is 0 Å². The summed E-state index contributed by atoms with van der Waals surface area (Å²) in [5, 5.41) is 14.2. The summed E-state index contributed by atoms with van der Waals surface area (Å²) in [6.07, 6.45) is 1.47. The highest BCUT2D eigenvalue weighted by Gasteiger charge is 2.35. The molecule has 2 amide bonds. The Morgan fingerprint density at radius 2 is 2.04 bits per heavy atom. The van der Waals surface area contributed by atoms with Crippen molar-refractivity contribution in [2.24, 2.45) is 11.0 Å². The predicted molar refractivity (Wildman–Crippen MR) is 103 cm³/mol. The van der Waals surface area contributed by atoms with Gasteiger partial charge in [-0.25, -0.2) is 5.43 Å². The second-order valence-electron chi connectivity index (χ2n) is 5.82. The first-order valence-corrected chi connectivity index (χ1v) is 8.98. The number of hydrogen-bond acceptors (Lipinski definition) is 4. The second-order valence-corrected chi connectivity index (χ2v) is 7.17. The van der Waals surface area contributed by atoms with Crippen LogP contribution in [0.3, 0.4) is 0 Å². The number of carbonyl (C=O) groups is 2. The van der Waals surface area contributed by atoms with Crippen LogP contribution in [0, 0.1) is 5.92 Å². The maximum atomic E-state index is 12.3. The number of benzene rings is 2. The molecule has 1 atom stereocenters. The van der Waals surface area contributed by atoms with Gasteiger partial charge in [-0.15, -0.1) is 0 Å². The highest BCUT2D eigenvalue weighted by molar-refractivity contribution is 9.10.